The molecule has 0 N–H and O–H groups in total. The van der Waals surface area contributed by atoms with Gasteiger partial charge < -0.3 is 4.74 Å². The van der Waals surface area contributed by atoms with Crippen molar-refractivity contribution in [1.29, 1.82) is 0 Å². The van der Waals surface area contributed by atoms with Crippen LogP contribution in [-0.2, 0) is 9.53 Å². The summed E-state index contributed by atoms with van der Waals surface area (Å²) in [6.07, 6.45) is 5.53. The molecule has 0 bridgehead atoms. The van der Waals surface area contributed by atoms with Gasteiger partial charge in [-0.05, 0) is 19.8 Å². The fraction of sp³-hybridized carbons (Fsp3) is 0.500. The van der Waals surface area contributed by atoms with E-state index in [9.17, 15) is 4.79 Å². The van der Waals surface area contributed by atoms with E-state index in [0.29, 0.717) is 6.42 Å². The molecule has 1 aliphatic rings. The van der Waals surface area contributed by atoms with E-state index in [4.69, 9.17) is 4.74 Å². The number of esters is 1. The van der Waals surface area contributed by atoms with Crippen molar-refractivity contribution in [3.8, 4) is 0 Å². The van der Waals surface area contributed by atoms with Gasteiger partial charge in [0.1, 0.15) is 0 Å². The number of rotatable bonds is 1. The molecule has 2 heteroatoms. The Bertz CT molecular complexity index is 240. The van der Waals surface area contributed by atoms with Gasteiger partial charge in [0, 0.05) is 0 Å². The number of methoxy groups -OCH3 is 1. The maximum absolute atomic E-state index is 11.4. The van der Waals surface area contributed by atoms with Gasteiger partial charge >= 0.3 is 5.97 Å². The molecule has 0 aliphatic heterocycles. The summed E-state index contributed by atoms with van der Waals surface area (Å²) in [4.78, 5) is 11.4. The zero-order chi connectivity index (χ0) is 9.19. The van der Waals surface area contributed by atoms with Crippen molar-refractivity contribution < 1.29 is 9.53 Å². The quantitative estimate of drug-likeness (QED) is 0.440. The number of carbonyl (C=O) groups is 1. The zero-order valence-corrected chi connectivity index (χ0v) is 7.59. The normalized spacial score (nSPS) is 28.7. The third-order valence-corrected chi connectivity index (χ3v) is 2.47. The molecule has 0 saturated carbocycles. The fourth-order valence-electron chi connectivity index (χ4n) is 1.37. The van der Waals surface area contributed by atoms with Crippen LogP contribution >= 0.6 is 0 Å². The number of hydrogen-bond acceptors (Lipinski definition) is 2. The summed E-state index contributed by atoms with van der Waals surface area (Å²) in [6.45, 7) is 5.76. The molecule has 66 valence electrons. The van der Waals surface area contributed by atoms with Gasteiger partial charge in [-0.25, -0.2) is 0 Å². The van der Waals surface area contributed by atoms with Crippen LogP contribution in [0.25, 0.3) is 0 Å². The summed E-state index contributed by atoms with van der Waals surface area (Å²) in [6, 6.07) is 0. The van der Waals surface area contributed by atoms with E-state index >= 15 is 0 Å². The molecule has 0 radical (unpaired) electrons. The van der Waals surface area contributed by atoms with Crippen LogP contribution in [-0.4, -0.2) is 13.1 Å². The largest absolute Gasteiger partial charge is 0.468 e. The Morgan fingerprint density at radius 1 is 1.67 bits per heavy atom. The third-order valence-electron chi connectivity index (χ3n) is 2.47. The minimum Gasteiger partial charge on any atom is -0.468 e. The first-order valence-corrected chi connectivity index (χ1v) is 4.03. The topological polar surface area (TPSA) is 26.3 Å². The second-order valence-electron chi connectivity index (χ2n) is 3.31. The molecule has 0 aromatic carbocycles. The Hall–Kier alpha value is -1.05. The lowest BCUT2D eigenvalue weighted by Crippen LogP contribution is -2.31. The first kappa shape index (κ1) is 9.04. The Morgan fingerprint density at radius 2 is 2.33 bits per heavy atom. The van der Waals surface area contributed by atoms with E-state index in [1.165, 1.54) is 7.11 Å². The molecule has 0 spiro atoms. The number of allylic oxidation sites excluding steroid dienone is 2. The van der Waals surface area contributed by atoms with E-state index in [0.717, 1.165) is 12.0 Å². The molecule has 2 nitrogen and oxygen atoms in total. The van der Waals surface area contributed by atoms with Gasteiger partial charge in [-0.15, -0.1) is 0 Å². The van der Waals surface area contributed by atoms with Crippen molar-refractivity contribution in [3.05, 3.63) is 24.3 Å². The van der Waals surface area contributed by atoms with Gasteiger partial charge in [0.2, 0.25) is 0 Å². The first-order chi connectivity index (χ1) is 5.61. The van der Waals surface area contributed by atoms with Crippen molar-refractivity contribution in [1.82, 2.24) is 0 Å². The van der Waals surface area contributed by atoms with Gasteiger partial charge in [0.25, 0.3) is 0 Å². The Kier molecular flexibility index (Phi) is 2.36. The Morgan fingerprint density at radius 3 is 2.83 bits per heavy atom. The molecular weight excluding hydrogens is 152 g/mol. The van der Waals surface area contributed by atoms with Crippen LogP contribution in [0.4, 0.5) is 0 Å². The van der Waals surface area contributed by atoms with Gasteiger partial charge in [0.05, 0.1) is 12.5 Å². The van der Waals surface area contributed by atoms with Crippen LogP contribution in [0, 0.1) is 5.41 Å². The summed E-state index contributed by atoms with van der Waals surface area (Å²) in [5.74, 6) is -0.183. The van der Waals surface area contributed by atoms with Crippen molar-refractivity contribution >= 4 is 5.97 Å². The summed E-state index contributed by atoms with van der Waals surface area (Å²) < 4.78 is 4.73. The second kappa shape index (κ2) is 3.13. The minimum absolute atomic E-state index is 0.183. The fourth-order valence-corrected chi connectivity index (χ4v) is 1.37. The van der Waals surface area contributed by atoms with Crippen molar-refractivity contribution in [2.45, 2.75) is 19.8 Å². The summed E-state index contributed by atoms with van der Waals surface area (Å²) >= 11 is 0. The molecule has 0 aromatic heterocycles. The summed E-state index contributed by atoms with van der Waals surface area (Å²) in [5, 5.41) is 0. The van der Waals surface area contributed by atoms with E-state index in [2.05, 4.69) is 6.58 Å². The molecule has 1 atom stereocenters. The highest BCUT2D eigenvalue weighted by molar-refractivity contribution is 5.80. The molecule has 0 heterocycles. The smallest absolute Gasteiger partial charge is 0.315 e. The van der Waals surface area contributed by atoms with Gasteiger partial charge in [0.15, 0.2) is 0 Å². The van der Waals surface area contributed by atoms with E-state index in [1.807, 2.05) is 19.1 Å². The maximum atomic E-state index is 11.4. The van der Waals surface area contributed by atoms with Crippen molar-refractivity contribution in [2.24, 2.45) is 5.41 Å². The molecule has 0 unspecified atom stereocenters. The van der Waals surface area contributed by atoms with Gasteiger partial charge in [-0.3, -0.25) is 4.79 Å². The average Bonchev–Trinajstić information content (AvgIpc) is 2.09. The van der Waals surface area contributed by atoms with Crippen molar-refractivity contribution in [2.75, 3.05) is 7.11 Å². The molecule has 12 heavy (non-hydrogen) atoms. The van der Waals surface area contributed by atoms with Crippen LogP contribution in [0.5, 0.6) is 0 Å². The Balaban J connectivity index is 2.89. The predicted molar refractivity (Wildman–Crippen MR) is 47.6 cm³/mol. The van der Waals surface area contributed by atoms with Gasteiger partial charge in [-0.1, -0.05) is 24.3 Å². The number of hydrogen-bond donors (Lipinski definition) is 0. The summed E-state index contributed by atoms with van der Waals surface area (Å²) in [5.41, 5.74) is 0.445. The van der Waals surface area contributed by atoms with Crippen LogP contribution in [0.2, 0.25) is 0 Å². The van der Waals surface area contributed by atoms with Crippen molar-refractivity contribution in [3.63, 3.8) is 0 Å². The molecule has 1 rings (SSSR count). The standard InChI is InChI=1S/C10H14O2/c1-8-6-4-5-7-10(8,2)9(11)12-3/h4-5H,1,6-7H2,2-3H3/t10-/m1/s1. The lowest BCUT2D eigenvalue weighted by molar-refractivity contribution is -0.149. The minimum atomic E-state index is -0.497. The zero-order valence-electron chi connectivity index (χ0n) is 7.59. The highest BCUT2D eigenvalue weighted by Gasteiger charge is 2.36. The molecule has 1 aliphatic carbocycles. The first-order valence-electron chi connectivity index (χ1n) is 4.03. The van der Waals surface area contributed by atoms with Crippen LogP contribution in [0.15, 0.2) is 24.3 Å². The van der Waals surface area contributed by atoms with Crippen LogP contribution in [0.1, 0.15) is 19.8 Å². The third kappa shape index (κ3) is 1.29. The van der Waals surface area contributed by atoms with E-state index in [1.54, 1.807) is 0 Å². The van der Waals surface area contributed by atoms with E-state index < -0.39 is 5.41 Å². The highest BCUT2D eigenvalue weighted by Crippen LogP contribution is 2.37. The van der Waals surface area contributed by atoms with Gasteiger partial charge in [-0.2, -0.15) is 0 Å². The lowest BCUT2D eigenvalue weighted by atomic mass is 9.75. The monoisotopic (exact) mass is 166 g/mol. The van der Waals surface area contributed by atoms with E-state index in [-0.39, 0.29) is 5.97 Å². The molecular formula is C10H14O2. The molecule has 0 amide bonds. The highest BCUT2D eigenvalue weighted by atomic mass is 16.5. The van der Waals surface area contributed by atoms with Crippen LogP contribution < -0.4 is 0 Å². The Labute approximate surface area is 72.9 Å². The van der Waals surface area contributed by atoms with Crippen LogP contribution in [0.3, 0.4) is 0 Å². The number of carbonyl (C=O) groups excluding carboxylic acids is 1. The second-order valence-corrected chi connectivity index (χ2v) is 3.31. The predicted octanol–water partition coefficient (Wildman–Crippen LogP) is 2.07. The molecule has 0 aromatic rings. The SMILES string of the molecule is C=C1CC=CC[C@@]1(C)C(=O)OC. The summed E-state index contributed by atoms with van der Waals surface area (Å²) in [7, 11) is 1.42. The average molecular weight is 166 g/mol. The molecule has 0 fully saturated rings. The number of ether oxygens (including phenoxy) is 1. The maximum Gasteiger partial charge on any atom is 0.315 e. The molecule has 0 saturated heterocycles. The lowest BCUT2D eigenvalue weighted by Gasteiger charge is -2.29.